The zero-order valence-corrected chi connectivity index (χ0v) is 21.7. The monoisotopic (exact) mass is 474 g/mol. The zero-order chi connectivity index (χ0) is 24.1. The Hall–Kier alpha value is -2.95. The molecule has 1 aromatic carbocycles. The number of benzene rings is 1. The van der Waals surface area contributed by atoms with Crippen LogP contribution in [-0.4, -0.2) is 35.8 Å². The molecule has 0 aliphatic heterocycles. The number of amides is 2. The first-order chi connectivity index (χ1) is 15.7. The summed E-state index contributed by atoms with van der Waals surface area (Å²) >= 11 is 0. The van der Waals surface area contributed by atoms with Crippen molar-refractivity contribution >= 4 is 17.5 Å². The van der Waals surface area contributed by atoms with E-state index < -0.39 is 5.91 Å². The minimum absolute atomic E-state index is 0. The Morgan fingerprint density at radius 3 is 2.56 bits per heavy atom. The molecule has 3 rings (SSSR count). The fourth-order valence-electron chi connectivity index (χ4n) is 3.12. The van der Waals surface area contributed by atoms with Gasteiger partial charge in [-0.2, -0.15) is 5.10 Å². The summed E-state index contributed by atoms with van der Waals surface area (Å²) in [6.45, 7) is 7.72. The van der Waals surface area contributed by atoms with Crippen LogP contribution in [0.3, 0.4) is 0 Å². The topological polar surface area (TPSA) is 149 Å². The number of carbonyl (C=O) groups is 2. The van der Waals surface area contributed by atoms with Crippen LogP contribution in [0.1, 0.15) is 18.9 Å². The molecule has 176 valence electrons. The molecule has 0 bridgehead atoms. The first-order valence-electron chi connectivity index (χ1n) is 10.4. The van der Waals surface area contributed by atoms with Gasteiger partial charge >= 0.3 is 29.6 Å². The third-order valence-electron chi connectivity index (χ3n) is 5.05. The predicted molar refractivity (Wildman–Crippen MR) is 126 cm³/mol. The van der Waals surface area contributed by atoms with Crippen molar-refractivity contribution in [2.45, 2.75) is 18.9 Å². The Balaban J connectivity index is 0.00000408. The summed E-state index contributed by atoms with van der Waals surface area (Å²) in [5.41, 5.74) is 14.3. The van der Waals surface area contributed by atoms with Crippen LogP contribution in [0.15, 0.2) is 53.9 Å². The number of methoxy groups -OCH3 is 1. The second-order valence-corrected chi connectivity index (χ2v) is 7.64. The molecule has 2 amide bonds. The van der Waals surface area contributed by atoms with Crippen molar-refractivity contribution in [3.8, 4) is 16.9 Å². The maximum atomic E-state index is 12.2. The van der Waals surface area contributed by atoms with Gasteiger partial charge in [-0.3, -0.25) is 9.59 Å². The van der Waals surface area contributed by atoms with E-state index in [1.807, 2.05) is 18.3 Å². The van der Waals surface area contributed by atoms with E-state index in [-0.39, 0.29) is 64.6 Å². The summed E-state index contributed by atoms with van der Waals surface area (Å²) in [5.74, 6) is -0.134. The quantitative estimate of drug-likeness (QED) is 0.128. The third kappa shape index (κ3) is 6.55. The molecule has 11 heteroatoms. The fraction of sp³-hybridized carbons (Fsp3) is 0.261. The second kappa shape index (κ2) is 12.0. The van der Waals surface area contributed by atoms with E-state index in [1.54, 1.807) is 16.9 Å². The number of para-hydroxylation sites is 1. The van der Waals surface area contributed by atoms with Gasteiger partial charge in [0.2, 0.25) is 5.91 Å². The van der Waals surface area contributed by atoms with E-state index in [2.05, 4.69) is 34.9 Å². The van der Waals surface area contributed by atoms with Gasteiger partial charge in [-0.25, -0.2) is 6.04 Å². The Labute approximate surface area is 221 Å². The Bertz CT molecular complexity index is 1100. The zero-order valence-electron chi connectivity index (χ0n) is 19.7. The summed E-state index contributed by atoms with van der Waals surface area (Å²) in [4.78, 5) is 24.3. The smallest absolute Gasteiger partial charge is 0.494 e. The van der Waals surface area contributed by atoms with Crippen molar-refractivity contribution in [1.29, 1.82) is 0 Å². The molecule has 0 atom stereocenters. The molecule has 1 aromatic heterocycles. The summed E-state index contributed by atoms with van der Waals surface area (Å²) in [5, 5.41) is 12.5. The molecule has 10 nitrogen and oxygen atoms in total. The maximum absolute atomic E-state index is 12.2. The van der Waals surface area contributed by atoms with Crippen molar-refractivity contribution in [1.82, 2.24) is 20.4 Å². The minimum Gasteiger partial charge on any atom is -0.494 e. The van der Waals surface area contributed by atoms with Crippen LogP contribution in [0.2, 0.25) is 0 Å². The largest absolute Gasteiger partial charge is 1.00 e. The molecule has 0 unspecified atom stereocenters. The van der Waals surface area contributed by atoms with Crippen molar-refractivity contribution in [2.24, 2.45) is 17.4 Å². The molecule has 0 saturated heterocycles. The summed E-state index contributed by atoms with van der Waals surface area (Å²) in [7, 11) is 3.00. The van der Waals surface area contributed by atoms with E-state index in [0.29, 0.717) is 11.4 Å². The van der Waals surface area contributed by atoms with Gasteiger partial charge in [-0.15, -0.1) is 0 Å². The Morgan fingerprint density at radius 2 is 2.00 bits per heavy atom. The van der Waals surface area contributed by atoms with E-state index in [4.69, 9.17) is 16.2 Å². The summed E-state index contributed by atoms with van der Waals surface area (Å²) < 4.78 is 7.30. The predicted octanol–water partition coefficient (Wildman–Crippen LogP) is -1.57. The third-order valence-corrected chi connectivity index (χ3v) is 5.05. The number of anilines is 1. The number of rotatable bonds is 9. The molecule has 1 saturated carbocycles. The van der Waals surface area contributed by atoms with Gasteiger partial charge in [-0.1, -0.05) is 12.1 Å². The molecular weight excluding hydrogens is 445 g/mol. The normalized spacial score (nSPS) is 14.1. The van der Waals surface area contributed by atoms with Crippen molar-refractivity contribution < 1.29 is 43.9 Å². The standard InChI is InChI=1S/C23H29N7O3.Na/c1-13(2)30-12-15(11-27-30)16-6-5-7-17(21(16)33-4)28-18(20(25)23(32)26-3)10-19(24)29-22(31)14-8-9-14;/h5-7,10-14,28H,1-2,8-9,24-25H2,3-4H3,(H,26,32)(H,29,31);/q-2;+1/b19-10+,20-18+;. The molecule has 1 aliphatic rings. The van der Waals surface area contributed by atoms with Crippen LogP contribution in [0, 0.1) is 19.8 Å². The average molecular weight is 475 g/mol. The van der Waals surface area contributed by atoms with Crippen molar-refractivity contribution in [3.63, 3.8) is 0 Å². The number of nitrogens with zero attached hydrogens (tertiary/aromatic N) is 2. The Kier molecular flexibility index (Phi) is 9.60. The van der Waals surface area contributed by atoms with Gasteiger partial charge in [0.05, 0.1) is 24.7 Å². The van der Waals surface area contributed by atoms with Gasteiger partial charge in [0.25, 0.3) is 5.91 Å². The molecule has 1 heterocycles. The van der Waals surface area contributed by atoms with Crippen LogP contribution < -0.4 is 61.7 Å². The van der Waals surface area contributed by atoms with Crippen LogP contribution in [0.4, 0.5) is 5.69 Å². The van der Waals surface area contributed by atoms with Gasteiger partial charge in [0.15, 0.2) is 0 Å². The second-order valence-electron chi connectivity index (χ2n) is 7.64. The molecule has 7 N–H and O–H groups in total. The van der Waals surface area contributed by atoms with E-state index in [9.17, 15) is 9.59 Å². The van der Waals surface area contributed by atoms with Gasteiger partial charge in [0, 0.05) is 36.4 Å². The molecular formula is C23H29N7NaO3-. The summed E-state index contributed by atoms with van der Waals surface area (Å²) in [6, 6.07) is 5.17. The number of hydrogen-bond acceptors (Lipinski definition) is 7. The number of aromatic nitrogens is 2. The van der Waals surface area contributed by atoms with Crippen molar-refractivity contribution in [3.05, 3.63) is 67.7 Å². The number of carbonyl (C=O) groups excluding carboxylic acids is 2. The number of nitrogens with two attached hydrogens (primary N) is 2. The van der Waals surface area contributed by atoms with Crippen molar-refractivity contribution in [2.75, 3.05) is 19.5 Å². The number of ether oxygens (including phenoxy) is 1. The van der Waals surface area contributed by atoms with E-state index in [1.165, 1.54) is 20.2 Å². The average Bonchev–Trinajstić information content (AvgIpc) is 3.53. The number of hydrogen-bond donors (Lipinski definition) is 5. The maximum Gasteiger partial charge on any atom is 1.00 e. The minimum atomic E-state index is -0.511. The summed E-state index contributed by atoms with van der Waals surface area (Å²) in [6.07, 6.45) is 6.58. The van der Waals surface area contributed by atoms with Gasteiger partial charge in [-0.05, 0) is 18.9 Å². The fourth-order valence-corrected chi connectivity index (χ4v) is 3.12. The van der Waals surface area contributed by atoms with Crippen LogP contribution >= 0.6 is 0 Å². The molecule has 1 fully saturated rings. The van der Waals surface area contributed by atoms with Crippen LogP contribution in [0.5, 0.6) is 5.75 Å². The molecule has 0 radical (unpaired) electrons. The first-order valence-corrected chi connectivity index (χ1v) is 10.4. The Morgan fingerprint density at radius 1 is 1.29 bits per heavy atom. The number of likely N-dealkylation sites (N-methyl/N-ethyl adjacent to an activating group) is 1. The van der Waals surface area contributed by atoms with Crippen LogP contribution in [0.25, 0.3) is 11.1 Å². The first kappa shape index (κ1) is 27.3. The van der Waals surface area contributed by atoms with Crippen LogP contribution in [-0.2, 0) is 9.59 Å². The SMILES string of the molecule is [CH2-]C([CH2-])n1cc(-c2cccc(NC(/C=C(\N)NC(=O)C3CC3)=C(/N)C(=O)NC)c2OC)cn1.[Na+]. The van der Waals surface area contributed by atoms with Gasteiger partial charge < -0.3 is 50.7 Å². The molecule has 2 aromatic rings. The van der Waals surface area contributed by atoms with Gasteiger partial charge in [0.1, 0.15) is 17.3 Å². The number of nitrogens with one attached hydrogen (secondary N) is 3. The molecule has 1 aliphatic carbocycles. The van der Waals surface area contributed by atoms with E-state index >= 15 is 0 Å². The molecule has 34 heavy (non-hydrogen) atoms. The molecule has 0 spiro atoms. The number of allylic oxidation sites excluding steroid dienone is 1. The van der Waals surface area contributed by atoms with E-state index in [0.717, 1.165) is 24.0 Å².